The van der Waals surface area contributed by atoms with E-state index in [-0.39, 0.29) is 23.2 Å². The minimum Gasteiger partial charge on any atom is -0.333 e. The maximum Gasteiger partial charge on any atom is 0.318 e. The molecule has 1 unspecified atom stereocenters. The lowest BCUT2D eigenvalue weighted by Gasteiger charge is -2.32. The third kappa shape index (κ3) is 6.05. The number of carbonyl (C=O) groups excluding carboxylic acids is 1. The molecule has 2 rings (SSSR count). The Bertz CT molecular complexity index is 841. The average Bonchev–Trinajstić information content (AvgIpc) is 2.62. The molecule has 2 aromatic rings. The SMILES string of the molecule is CC(c1nc2ccccc2c(=O)[nH]1)N(CCCCCCN)C(=O)NC(C)(C)C. The Morgan fingerprint density at radius 1 is 1.21 bits per heavy atom. The molecule has 7 heteroatoms. The average molecular weight is 388 g/mol. The van der Waals surface area contributed by atoms with E-state index >= 15 is 0 Å². The summed E-state index contributed by atoms with van der Waals surface area (Å²) in [5.74, 6) is 0.495. The van der Waals surface area contributed by atoms with Crippen molar-refractivity contribution >= 4 is 16.9 Å². The Hall–Kier alpha value is -2.41. The molecule has 0 fully saturated rings. The van der Waals surface area contributed by atoms with Gasteiger partial charge in [-0.3, -0.25) is 4.79 Å². The summed E-state index contributed by atoms with van der Waals surface area (Å²) in [5.41, 5.74) is 5.65. The molecule has 0 spiro atoms. The first-order valence-electron chi connectivity index (χ1n) is 10.0. The minimum atomic E-state index is -0.353. The number of aromatic nitrogens is 2. The van der Waals surface area contributed by atoms with Gasteiger partial charge in [0.1, 0.15) is 5.82 Å². The second kappa shape index (κ2) is 9.68. The van der Waals surface area contributed by atoms with Gasteiger partial charge in [0.2, 0.25) is 0 Å². The van der Waals surface area contributed by atoms with Crippen molar-refractivity contribution in [2.45, 2.75) is 65.0 Å². The molecule has 0 aliphatic heterocycles. The van der Waals surface area contributed by atoms with Crippen molar-refractivity contribution in [1.82, 2.24) is 20.2 Å². The number of unbranched alkanes of at least 4 members (excludes halogenated alkanes) is 3. The van der Waals surface area contributed by atoms with E-state index in [9.17, 15) is 9.59 Å². The molecule has 4 N–H and O–H groups in total. The van der Waals surface area contributed by atoms with Crippen LogP contribution in [0.15, 0.2) is 29.1 Å². The highest BCUT2D eigenvalue weighted by atomic mass is 16.2. The van der Waals surface area contributed by atoms with Crippen molar-refractivity contribution in [3.63, 3.8) is 0 Å². The van der Waals surface area contributed by atoms with Crippen molar-refractivity contribution in [3.8, 4) is 0 Å². The zero-order valence-electron chi connectivity index (χ0n) is 17.4. The van der Waals surface area contributed by atoms with Gasteiger partial charge in [0, 0.05) is 12.1 Å². The molecule has 0 bridgehead atoms. The Morgan fingerprint density at radius 2 is 1.89 bits per heavy atom. The molecular weight excluding hydrogens is 354 g/mol. The van der Waals surface area contributed by atoms with Crippen molar-refractivity contribution in [2.24, 2.45) is 5.73 Å². The summed E-state index contributed by atoms with van der Waals surface area (Å²) in [5, 5.41) is 3.57. The first-order chi connectivity index (χ1) is 13.2. The predicted molar refractivity (Wildman–Crippen MR) is 113 cm³/mol. The second-order valence-corrected chi connectivity index (χ2v) is 8.22. The summed E-state index contributed by atoms with van der Waals surface area (Å²) < 4.78 is 0. The van der Waals surface area contributed by atoms with Gasteiger partial charge < -0.3 is 20.9 Å². The largest absolute Gasteiger partial charge is 0.333 e. The first kappa shape index (κ1) is 21.9. The number of carbonyl (C=O) groups is 1. The third-order valence-electron chi connectivity index (χ3n) is 4.59. The highest BCUT2D eigenvalue weighted by molar-refractivity contribution is 5.78. The molecule has 1 aromatic heterocycles. The van der Waals surface area contributed by atoms with Crippen LogP contribution in [0.1, 0.15) is 65.2 Å². The van der Waals surface area contributed by atoms with Gasteiger partial charge in [0.15, 0.2) is 0 Å². The van der Waals surface area contributed by atoms with E-state index in [2.05, 4.69) is 15.3 Å². The number of amides is 2. The molecule has 1 atom stereocenters. The minimum absolute atomic E-state index is 0.158. The molecule has 1 heterocycles. The summed E-state index contributed by atoms with van der Waals surface area (Å²) in [6, 6.07) is 6.71. The lowest BCUT2D eigenvalue weighted by molar-refractivity contribution is 0.166. The van der Waals surface area contributed by atoms with Crippen LogP contribution in [0.4, 0.5) is 4.79 Å². The predicted octanol–water partition coefficient (Wildman–Crippen LogP) is 3.31. The topological polar surface area (TPSA) is 104 Å². The number of nitrogens with one attached hydrogen (secondary N) is 2. The molecule has 0 saturated heterocycles. The lowest BCUT2D eigenvalue weighted by Crippen LogP contribution is -2.49. The van der Waals surface area contributed by atoms with E-state index in [1.807, 2.05) is 45.9 Å². The van der Waals surface area contributed by atoms with E-state index < -0.39 is 0 Å². The number of urea groups is 1. The highest BCUT2D eigenvalue weighted by Crippen LogP contribution is 2.20. The quantitative estimate of drug-likeness (QED) is 0.604. The Morgan fingerprint density at radius 3 is 2.57 bits per heavy atom. The van der Waals surface area contributed by atoms with Gasteiger partial charge in [-0.05, 0) is 59.2 Å². The van der Waals surface area contributed by atoms with Gasteiger partial charge in [-0.15, -0.1) is 0 Å². The number of nitrogens with two attached hydrogens (primary N) is 1. The van der Waals surface area contributed by atoms with Crippen LogP contribution in [0, 0.1) is 0 Å². The fourth-order valence-electron chi connectivity index (χ4n) is 3.09. The smallest absolute Gasteiger partial charge is 0.318 e. The molecule has 7 nitrogen and oxygen atoms in total. The molecule has 0 aliphatic carbocycles. The summed E-state index contributed by atoms with van der Waals surface area (Å²) >= 11 is 0. The second-order valence-electron chi connectivity index (χ2n) is 8.22. The number of benzene rings is 1. The number of rotatable bonds is 8. The van der Waals surface area contributed by atoms with Gasteiger partial charge in [0.05, 0.1) is 16.9 Å². The van der Waals surface area contributed by atoms with Crippen molar-refractivity contribution in [1.29, 1.82) is 0 Å². The zero-order valence-corrected chi connectivity index (χ0v) is 17.4. The summed E-state index contributed by atoms with van der Waals surface area (Å²) in [4.78, 5) is 34.6. The summed E-state index contributed by atoms with van der Waals surface area (Å²) in [6.45, 7) is 9.02. The molecule has 154 valence electrons. The van der Waals surface area contributed by atoms with E-state index in [4.69, 9.17) is 5.73 Å². The molecular formula is C21H33N5O2. The normalized spacial score (nSPS) is 12.8. The van der Waals surface area contributed by atoms with Crippen LogP contribution < -0.4 is 16.6 Å². The summed E-state index contributed by atoms with van der Waals surface area (Å²) in [7, 11) is 0. The van der Waals surface area contributed by atoms with Crippen LogP contribution in [0.3, 0.4) is 0 Å². The van der Waals surface area contributed by atoms with Crippen LogP contribution in [0.25, 0.3) is 10.9 Å². The number of H-pyrrole nitrogens is 1. The fraction of sp³-hybridized carbons (Fsp3) is 0.571. The van der Waals surface area contributed by atoms with Crippen LogP contribution in [-0.4, -0.2) is 39.5 Å². The molecule has 0 radical (unpaired) electrons. The highest BCUT2D eigenvalue weighted by Gasteiger charge is 2.26. The van der Waals surface area contributed by atoms with Crippen LogP contribution >= 0.6 is 0 Å². The number of nitrogens with zero attached hydrogens (tertiary/aromatic N) is 2. The maximum absolute atomic E-state index is 12.9. The number of hydrogen-bond donors (Lipinski definition) is 3. The molecule has 2 amide bonds. The van der Waals surface area contributed by atoms with Crippen molar-refractivity contribution in [3.05, 3.63) is 40.4 Å². The van der Waals surface area contributed by atoms with Crippen LogP contribution in [0.5, 0.6) is 0 Å². The lowest BCUT2D eigenvalue weighted by atomic mass is 10.1. The van der Waals surface area contributed by atoms with E-state index in [0.29, 0.717) is 29.8 Å². The summed E-state index contributed by atoms with van der Waals surface area (Å²) in [6.07, 6.45) is 3.92. The number of aromatic amines is 1. The van der Waals surface area contributed by atoms with Crippen molar-refractivity contribution in [2.75, 3.05) is 13.1 Å². The number of hydrogen-bond acceptors (Lipinski definition) is 4. The van der Waals surface area contributed by atoms with Gasteiger partial charge in [-0.25, -0.2) is 9.78 Å². The number of fused-ring (bicyclic) bond motifs is 1. The fourth-order valence-corrected chi connectivity index (χ4v) is 3.09. The molecule has 1 aromatic carbocycles. The zero-order chi connectivity index (χ0) is 20.7. The maximum atomic E-state index is 12.9. The van der Waals surface area contributed by atoms with Crippen LogP contribution in [-0.2, 0) is 0 Å². The molecule has 0 saturated carbocycles. The van der Waals surface area contributed by atoms with Gasteiger partial charge in [-0.1, -0.05) is 25.0 Å². The Kier molecular flexibility index (Phi) is 7.57. The molecule has 28 heavy (non-hydrogen) atoms. The Labute approximate surface area is 166 Å². The number of para-hydroxylation sites is 1. The van der Waals surface area contributed by atoms with Crippen molar-refractivity contribution < 1.29 is 4.79 Å². The first-order valence-corrected chi connectivity index (χ1v) is 10.0. The van der Waals surface area contributed by atoms with Crippen LogP contribution in [0.2, 0.25) is 0 Å². The van der Waals surface area contributed by atoms with E-state index in [0.717, 1.165) is 25.7 Å². The van der Waals surface area contributed by atoms with E-state index in [1.54, 1.807) is 11.0 Å². The monoisotopic (exact) mass is 387 g/mol. The standard InChI is InChI=1S/C21H33N5O2/c1-15(18-23-17-12-8-7-11-16(17)19(27)24-18)26(14-10-6-5-9-13-22)20(28)25-21(2,3)4/h7-8,11-12,15H,5-6,9-10,13-14,22H2,1-4H3,(H,25,28)(H,23,24,27). The van der Waals surface area contributed by atoms with E-state index in [1.165, 1.54) is 0 Å². The van der Waals surface area contributed by atoms with Gasteiger partial charge in [-0.2, -0.15) is 0 Å². The molecule has 0 aliphatic rings. The van der Waals surface area contributed by atoms with Gasteiger partial charge in [0.25, 0.3) is 5.56 Å². The van der Waals surface area contributed by atoms with Gasteiger partial charge >= 0.3 is 6.03 Å². The third-order valence-corrected chi connectivity index (χ3v) is 4.59. The Balaban J connectivity index is 2.25.